The van der Waals surface area contributed by atoms with Gasteiger partial charge in [0.15, 0.2) is 0 Å². The van der Waals surface area contributed by atoms with E-state index < -0.39 is 10.5 Å². The lowest BCUT2D eigenvalue weighted by Gasteiger charge is -2.25. The number of nitrogens with one attached hydrogen (secondary N) is 1. The molecule has 0 amide bonds. The molecule has 0 heterocycles. The Balaban J connectivity index is 2.69. The van der Waals surface area contributed by atoms with E-state index in [-0.39, 0.29) is 11.7 Å². The number of nitro groups is 1. The number of benzene rings is 1. The number of nitro benzene ring substituents is 1. The number of hydrogen-bond acceptors (Lipinski definition) is 6. The van der Waals surface area contributed by atoms with Crippen LogP contribution in [0.15, 0.2) is 29.2 Å². The third kappa shape index (κ3) is 3.94. The predicted octanol–water partition coefficient (Wildman–Crippen LogP) is 2.23. The summed E-state index contributed by atoms with van der Waals surface area (Å²) in [4.78, 5) is 22.8. The zero-order valence-electron chi connectivity index (χ0n) is 11.7. The molecule has 0 spiro atoms. The molecule has 0 saturated carbocycles. The van der Waals surface area contributed by atoms with Crippen molar-refractivity contribution in [3.8, 4) is 0 Å². The van der Waals surface area contributed by atoms with E-state index in [9.17, 15) is 14.9 Å². The van der Waals surface area contributed by atoms with Crippen molar-refractivity contribution < 1.29 is 14.5 Å². The Hall–Kier alpha value is -1.60. The number of methoxy groups -OCH3 is 1. The van der Waals surface area contributed by atoms with Crippen LogP contribution in [0.3, 0.4) is 0 Å². The second kappa shape index (κ2) is 7.25. The number of rotatable bonds is 7. The van der Waals surface area contributed by atoms with Crippen LogP contribution in [0, 0.1) is 10.1 Å². The molecule has 1 aromatic rings. The second-order valence-electron chi connectivity index (χ2n) is 4.40. The maximum Gasteiger partial charge on any atom is 0.325 e. The van der Waals surface area contributed by atoms with Crippen molar-refractivity contribution in [2.24, 2.45) is 0 Å². The van der Waals surface area contributed by atoms with E-state index in [2.05, 4.69) is 5.32 Å². The van der Waals surface area contributed by atoms with Crippen LogP contribution < -0.4 is 5.32 Å². The molecule has 1 unspecified atom stereocenters. The van der Waals surface area contributed by atoms with E-state index in [0.29, 0.717) is 17.1 Å². The quantitative estimate of drug-likeness (QED) is 0.360. The van der Waals surface area contributed by atoms with E-state index in [4.69, 9.17) is 4.74 Å². The molecule has 110 valence electrons. The Morgan fingerprint density at radius 1 is 1.50 bits per heavy atom. The SMILES string of the molecule is CNC(C)(CCSc1ccccc1[N+](=O)[O-])C(=O)OC. The third-order valence-corrected chi connectivity index (χ3v) is 4.17. The van der Waals surface area contributed by atoms with Gasteiger partial charge in [-0.05, 0) is 26.5 Å². The van der Waals surface area contributed by atoms with Crippen LogP contribution in [0.4, 0.5) is 5.69 Å². The lowest BCUT2D eigenvalue weighted by Crippen LogP contribution is -2.48. The predicted molar refractivity (Wildman–Crippen MR) is 77.9 cm³/mol. The summed E-state index contributed by atoms with van der Waals surface area (Å²) in [5.41, 5.74) is -0.701. The van der Waals surface area contributed by atoms with Gasteiger partial charge in [0, 0.05) is 11.8 Å². The van der Waals surface area contributed by atoms with Crippen LogP contribution in [-0.2, 0) is 9.53 Å². The summed E-state index contributed by atoms with van der Waals surface area (Å²) < 4.78 is 4.75. The minimum Gasteiger partial charge on any atom is -0.468 e. The van der Waals surface area contributed by atoms with E-state index in [1.807, 2.05) is 0 Å². The smallest absolute Gasteiger partial charge is 0.325 e. The average molecular weight is 298 g/mol. The first-order chi connectivity index (χ1) is 9.44. The van der Waals surface area contributed by atoms with Crippen LogP contribution in [0.25, 0.3) is 0 Å². The van der Waals surface area contributed by atoms with Crippen molar-refractivity contribution in [3.05, 3.63) is 34.4 Å². The molecule has 0 aliphatic carbocycles. The monoisotopic (exact) mass is 298 g/mol. The molecule has 0 aliphatic heterocycles. The molecule has 6 nitrogen and oxygen atoms in total. The fourth-order valence-corrected chi connectivity index (χ4v) is 2.85. The number of esters is 1. The van der Waals surface area contributed by atoms with E-state index in [0.717, 1.165) is 0 Å². The number of ether oxygens (including phenoxy) is 1. The number of likely N-dealkylation sites (N-methyl/N-ethyl adjacent to an activating group) is 1. The Morgan fingerprint density at radius 3 is 2.70 bits per heavy atom. The Labute approximate surface area is 122 Å². The van der Waals surface area contributed by atoms with Crippen LogP contribution in [0.5, 0.6) is 0 Å². The molecule has 0 fully saturated rings. The van der Waals surface area contributed by atoms with Gasteiger partial charge in [-0.3, -0.25) is 14.9 Å². The van der Waals surface area contributed by atoms with Gasteiger partial charge in [0.1, 0.15) is 5.54 Å². The average Bonchev–Trinajstić information content (AvgIpc) is 2.46. The number of thioether (sulfide) groups is 1. The lowest BCUT2D eigenvalue weighted by atomic mass is 10.00. The first-order valence-corrected chi connectivity index (χ1v) is 7.06. The van der Waals surface area contributed by atoms with Gasteiger partial charge in [-0.1, -0.05) is 12.1 Å². The van der Waals surface area contributed by atoms with Crippen LogP contribution in [-0.4, -0.2) is 36.3 Å². The largest absolute Gasteiger partial charge is 0.468 e. The number of hydrogen-bond donors (Lipinski definition) is 1. The first kappa shape index (κ1) is 16.5. The van der Waals surface area contributed by atoms with Gasteiger partial charge in [-0.15, -0.1) is 11.8 Å². The first-order valence-electron chi connectivity index (χ1n) is 6.08. The van der Waals surface area contributed by atoms with Crippen LogP contribution in [0.1, 0.15) is 13.3 Å². The van der Waals surface area contributed by atoms with Crippen molar-refractivity contribution in [3.63, 3.8) is 0 Å². The molecule has 0 aromatic heterocycles. The minimum atomic E-state index is -0.786. The van der Waals surface area contributed by atoms with E-state index in [1.165, 1.54) is 24.9 Å². The fraction of sp³-hybridized carbons (Fsp3) is 0.462. The van der Waals surface area contributed by atoms with Crippen molar-refractivity contribution in [1.82, 2.24) is 5.32 Å². The van der Waals surface area contributed by atoms with Crippen molar-refractivity contribution in [2.75, 3.05) is 19.9 Å². The summed E-state index contributed by atoms with van der Waals surface area (Å²) in [7, 11) is 3.03. The van der Waals surface area contributed by atoms with Gasteiger partial charge in [-0.2, -0.15) is 0 Å². The minimum absolute atomic E-state index is 0.0849. The van der Waals surface area contributed by atoms with Crippen molar-refractivity contribution in [1.29, 1.82) is 0 Å². The van der Waals surface area contributed by atoms with E-state index >= 15 is 0 Å². The summed E-state index contributed by atoms with van der Waals surface area (Å²) >= 11 is 1.36. The number of nitrogens with zero attached hydrogens (tertiary/aromatic N) is 1. The van der Waals surface area contributed by atoms with Gasteiger partial charge >= 0.3 is 5.97 Å². The maximum absolute atomic E-state index is 11.7. The Morgan fingerprint density at radius 2 is 2.15 bits per heavy atom. The molecule has 1 aromatic carbocycles. The highest BCUT2D eigenvalue weighted by Crippen LogP contribution is 2.30. The Bertz CT molecular complexity index is 495. The number of para-hydroxylation sites is 1. The lowest BCUT2D eigenvalue weighted by molar-refractivity contribution is -0.387. The van der Waals surface area contributed by atoms with Crippen molar-refractivity contribution in [2.45, 2.75) is 23.8 Å². The van der Waals surface area contributed by atoms with Crippen molar-refractivity contribution >= 4 is 23.4 Å². The van der Waals surface area contributed by atoms with Crippen LogP contribution >= 0.6 is 11.8 Å². The van der Waals surface area contributed by atoms with Gasteiger partial charge in [0.05, 0.1) is 16.9 Å². The summed E-state index contributed by atoms with van der Waals surface area (Å²) in [6.45, 7) is 1.75. The van der Waals surface area contributed by atoms with Gasteiger partial charge in [0.25, 0.3) is 5.69 Å². The standard InChI is InChI=1S/C13H18N2O4S/c1-13(14-2,12(16)19-3)8-9-20-11-7-5-4-6-10(11)15(17)18/h4-7,14H,8-9H2,1-3H3. The highest BCUT2D eigenvalue weighted by molar-refractivity contribution is 7.99. The zero-order chi connectivity index (χ0) is 15.2. The molecule has 0 radical (unpaired) electrons. The molecule has 1 N–H and O–H groups in total. The summed E-state index contributed by atoms with van der Waals surface area (Å²) in [6.07, 6.45) is 0.507. The topological polar surface area (TPSA) is 81.5 Å². The molecule has 0 bridgehead atoms. The highest BCUT2D eigenvalue weighted by Gasteiger charge is 2.32. The molecule has 0 aliphatic rings. The normalized spacial score (nSPS) is 13.6. The maximum atomic E-state index is 11.7. The highest BCUT2D eigenvalue weighted by atomic mass is 32.2. The molecule has 0 saturated heterocycles. The van der Waals surface area contributed by atoms with E-state index in [1.54, 1.807) is 32.2 Å². The summed E-state index contributed by atoms with van der Waals surface area (Å²) in [5.74, 6) is 0.222. The van der Waals surface area contributed by atoms with Gasteiger partial charge < -0.3 is 10.1 Å². The van der Waals surface area contributed by atoms with Gasteiger partial charge in [-0.25, -0.2) is 0 Å². The third-order valence-electron chi connectivity index (χ3n) is 3.11. The van der Waals surface area contributed by atoms with Crippen LogP contribution in [0.2, 0.25) is 0 Å². The second-order valence-corrected chi connectivity index (χ2v) is 5.53. The molecular formula is C13H18N2O4S. The Kier molecular flexibility index (Phi) is 5.97. The molecule has 20 heavy (non-hydrogen) atoms. The fourth-order valence-electron chi connectivity index (χ4n) is 1.65. The molecular weight excluding hydrogens is 280 g/mol. The molecule has 1 rings (SSSR count). The number of carbonyl (C=O) groups excluding carboxylic acids is 1. The number of carbonyl (C=O) groups is 1. The summed E-state index contributed by atoms with van der Waals surface area (Å²) in [5, 5.41) is 13.8. The molecule has 7 heteroatoms. The van der Waals surface area contributed by atoms with Gasteiger partial charge in [0.2, 0.25) is 0 Å². The molecule has 1 atom stereocenters. The zero-order valence-corrected chi connectivity index (χ0v) is 12.5. The summed E-state index contributed by atoms with van der Waals surface area (Å²) in [6, 6.07) is 6.57.